The van der Waals surface area contributed by atoms with Crippen molar-refractivity contribution in [2.24, 2.45) is 0 Å². The first-order chi connectivity index (χ1) is 10.2. The Bertz CT molecular complexity index is 837. The zero-order valence-corrected chi connectivity index (χ0v) is 12.5. The van der Waals surface area contributed by atoms with Crippen LogP contribution in [0.4, 0.5) is 11.4 Å². The third-order valence-electron chi connectivity index (χ3n) is 3.37. The van der Waals surface area contributed by atoms with Gasteiger partial charge >= 0.3 is 0 Å². The van der Waals surface area contributed by atoms with Gasteiger partial charge in [-0.05, 0) is 29.6 Å². The molecule has 1 N–H and O–H groups in total. The normalized spacial score (nSPS) is 14.1. The highest BCUT2D eigenvalue weighted by molar-refractivity contribution is 7.27. The van der Waals surface area contributed by atoms with Gasteiger partial charge in [0.2, 0.25) is 5.91 Å². The summed E-state index contributed by atoms with van der Waals surface area (Å²) in [5.74, 6) is -0.286. The molecule has 0 spiro atoms. The lowest BCUT2D eigenvalue weighted by atomic mass is 10.2. The molecule has 1 aromatic carbocycles. The van der Waals surface area contributed by atoms with Crippen LogP contribution in [0.2, 0.25) is 0 Å². The van der Waals surface area contributed by atoms with E-state index < -0.39 is 0 Å². The van der Waals surface area contributed by atoms with Crippen molar-refractivity contribution in [2.75, 3.05) is 16.8 Å². The molecular weight excluding hydrogens is 304 g/mol. The Labute approximate surface area is 128 Å². The molecule has 0 saturated carbocycles. The Balaban J connectivity index is 1.77. The van der Waals surface area contributed by atoms with Crippen LogP contribution >= 0.6 is 22.7 Å². The number of benzene rings is 1. The standard InChI is InChI=1S/C15H10N2O2S2/c18-14-8-17(10-4-2-1-3-9(10)16-14)15(19)13-7-12-11(21-13)5-6-20-12/h1-7H,8H2,(H,16,18). The van der Waals surface area contributed by atoms with Crippen molar-refractivity contribution in [1.29, 1.82) is 0 Å². The van der Waals surface area contributed by atoms with Crippen LogP contribution in [-0.4, -0.2) is 18.4 Å². The van der Waals surface area contributed by atoms with Crippen LogP contribution in [0.15, 0.2) is 41.8 Å². The van der Waals surface area contributed by atoms with E-state index in [9.17, 15) is 9.59 Å². The van der Waals surface area contributed by atoms with E-state index >= 15 is 0 Å². The number of amides is 2. The molecule has 3 heterocycles. The second-order valence-electron chi connectivity index (χ2n) is 4.72. The van der Waals surface area contributed by atoms with Crippen molar-refractivity contribution in [1.82, 2.24) is 0 Å². The van der Waals surface area contributed by atoms with Crippen LogP contribution in [-0.2, 0) is 4.79 Å². The average Bonchev–Trinajstić information content (AvgIpc) is 3.06. The topological polar surface area (TPSA) is 49.4 Å². The van der Waals surface area contributed by atoms with Gasteiger partial charge in [-0.25, -0.2) is 0 Å². The maximum Gasteiger partial charge on any atom is 0.268 e. The van der Waals surface area contributed by atoms with Gasteiger partial charge in [-0.2, -0.15) is 0 Å². The summed E-state index contributed by atoms with van der Waals surface area (Å²) in [6.45, 7) is 0.0569. The lowest BCUT2D eigenvalue weighted by Gasteiger charge is -2.28. The summed E-state index contributed by atoms with van der Waals surface area (Å²) in [4.78, 5) is 26.7. The third-order valence-corrected chi connectivity index (χ3v) is 5.45. The molecule has 0 saturated heterocycles. The number of nitrogens with one attached hydrogen (secondary N) is 1. The van der Waals surface area contributed by atoms with Gasteiger partial charge < -0.3 is 5.32 Å². The van der Waals surface area contributed by atoms with Crippen LogP contribution in [0.25, 0.3) is 9.40 Å². The second-order valence-corrected chi connectivity index (χ2v) is 6.75. The number of para-hydroxylation sites is 2. The molecular formula is C15H10N2O2S2. The lowest BCUT2D eigenvalue weighted by molar-refractivity contribution is -0.115. The van der Waals surface area contributed by atoms with Gasteiger partial charge in [0.15, 0.2) is 0 Å². The first kappa shape index (κ1) is 12.6. The van der Waals surface area contributed by atoms with Crippen molar-refractivity contribution < 1.29 is 9.59 Å². The molecule has 0 bridgehead atoms. The van der Waals surface area contributed by atoms with E-state index in [1.165, 1.54) is 11.3 Å². The summed E-state index contributed by atoms with van der Waals surface area (Å²) >= 11 is 3.09. The molecule has 6 heteroatoms. The van der Waals surface area contributed by atoms with Crippen molar-refractivity contribution in [3.63, 3.8) is 0 Å². The smallest absolute Gasteiger partial charge is 0.268 e. The summed E-state index contributed by atoms with van der Waals surface area (Å²) in [6.07, 6.45) is 0. The Morgan fingerprint density at radius 2 is 2.05 bits per heavy atom. The van der Waals surface area contributed by atoms with Crippen LogP contribution in [0.3, 0.4) is 0 Å². The number of fused-ring (bicyclic) bond motifs is 2. The average molecular weight is 314 g/mol. The minimum absolute atomic E-state index is 0.0569. The molecule has 0 radical (unpaired) electrons. The first-order valence-electron chi connectivity index (χ1n) is 6.40. The Morgan fingerprint density at radius 3 is 2.90 bits per heavy atom. The highest BCUT2D eigenvalue weighted by Crippen LogP contribution is 2.34. The predicted molar refractivity (Wildman–Crippen MR) is 86.5 cm³/mol. The maximum absolute atomic E-state index is 12.7. The van der Waals surface area contributed by atoms with E-state index in [0.717, 1.165) is 15.1 Å². The Morgan fingerprint density at radius 1 is 1.19 bits per heavy atom. The van der Waals surface area contributed by atoms with Crippen LogP contribution < -0.4 is 10.2 Å². The predicted octanol–water partition coefficient (Wildman–Crippen LogP) is 3.56. The number of nitrogens with zero attached hydrogens (tertiary/aromatic N) is 1. The fraction of sp³-hybridized carbons (Fsp3) is 0.0667. The summed E-state index contributed by atoms with van der Waals surface area (Å²) in [5.41, 5.74) is 1.43. The molecule has 1 aliphatic heterocycles. The van der Waals surface area contributed by atoms with Gasteiger partial charge in [-0.15, -0.1) is 22.7 Å². The Kier molecular flexibility index (Phi) is 2.80. The highest BCUT2D eigenvalue weighted by Gasteiger charge is 2.28. The second kappa shape index (κ2) is 4.68. The summed E-state index contributed by atoms with van der Waals surface area (Å²) < 4.78 is 2.22. The molecule has 104 valence electrons. The zero-order valence-electron chi connectivity index (χ0n) is 10.8. The number of hydrogen-bond acceptors (Lipinski definition) is 4. The highest BCUT2D eigenvalue weighted by atomic mass is 32.1. The molecule has 0 aliphatic carbocycles. The van der Waals surface area contributed by atoms with E-state index in [1.807, 2.05) is 35.7 Å². The number of rotatable bonds is 1. The van der Waals surface area contributed by atoms with Gasteiger partial charge in [-0.1, -0.05) is 12.1 Å². The fourth-order valence-corrected chi connectivity index (χ4v) is 4.48. The number of carbonyl (C=O) groups excluding carboxylic acids is 2. The lowest BCUT2D eigenvalue weighted by Crippen LogP contribution is -2.41. The molecule has 0 unspecified atom stereocenters. The minimum Gasteiger partial charge on any atom is -0.323 e. The van der Waals surface area contributed by atoms with Crippen molar-refractivity contribution in [2.45, 2.75) is 0 Å². The minimum atomic E-state index is -0.166. The zero-order chi connectivity index (χ0) is 14.4. The molecule has 21 heavy (non-hydrogen) atoms. The summed E-state index contributed by atoms with van der Waals surface area (Å²) in [5, 5.41) is 4.80. The molecule has 3 aromatic rings. The monoisotopic (exact) mass is 314 g/mol. The third kappa shape index (κ3) is 2.03. The largest absolute Gasteiger partial charge is 0.323 e. The fourth-order valence-electron chi connectivity index (χ4n) is 2.42. The van der Waals surface area contributed by atoms with E-state index in [4.69, 9.17) is 0 Å². The molecule has 1 aliphatic rings. The number of anilines is 2. The van der Waals surface area contributed by atoms with Crippen molar-refractivity contribution >= 4 is 55.3 Å². The summed E-state index contributed by atoms with van der Waals surface area (Å²) in [6, 6.07) is 11.3. The maximum atomic E-state index is 12.7. The Hall–Kier alpha value is -2.18. The molecule has 4 rings (SSSR count). The van der Waals surface area contributed by atoms with Gasteiger partial charge in [0.05, 0.1) is 16.3 Å². The van der Waals surface area contributed by atoms with Crippen LogP contribution in [0.1, 0.15) is 9.67 Å². The van der Waals surface area contributed by atoms with Crippen molar-refractivity contribution in [3.05, 3.63) is 46.7 Å². The number of thiophene rings is 2. The van der Waals surface area contributed by atoms with Crippen molar-refractivity contribution in [3.8, 4) is 0 Å². The van der Waals surface area contributed by atoms with Gasteiger partial charge in [0, 0.05) is 9.40 Å². The van der Waals surface area contributed by atoms with Gasteiger partial charge in [0.25, 0.3) is 5.91 Å². The van der Waals surface area contributed by atoms with E-state index in [1.54, 1.807) is 22.3 Å². The SMILES string of the molecule is O=C1CN(C(=O)c2cc3sccc3s2)c2ccccc2N1. The van der Waals surface area contributed by atoms with E-state index in [2.05, 4.69) is 5.32 Å². The number of carbonyl (C=O) groups is 2. The quantitative estimate of drug-likeness (QED) is 0.746. The molecule has 2 aromatic heterocycles. The van der Waals surface area contributed by atoms with Crippen LogP contribution in [0, 0.1) is 0 Å². The number of hydrogen-bond donors (Lipinski definition) is 1. The van der Waals surface area contributed by atoms with Crippen LogP contribution in [0.5, 0.6) is 0 Å². The molecule has 0 atom stereocenters. The van der Waals surface area contributed by atoms with E-state index in [0.29, 0.717) is 10.6 Å². The first-order valence-corrected chi connectivity index (χ1v) is 8.10. The van der Waals surface area contributed by atoms with E-state index in [-0.39, 0.29) is 18.4 Å². The van der Waals surface area contributed by atoms with Gasteiger partial charge in [0.1, 0.15) is 6.54 Å². The molecule has 4 nitrogen and oxygen atoms in total. The summed E-state index contributed by atoms with van der Waals surface area (Å²) in [7, 11) is 0. The van der Waals surface area contributed by atoms with Gasteiger partial charge in [-0.3, -0.25) is 14.5 Å². The molecule has 2 amide bonds. The molecule has 0 fully saturated rings.